The number of hydrogen-bond donors (Lipinski definition) is 1. The van der Waals surface area contributed by atoms with Crippen LogP contribution in [0.2, 0.25) is 0 Å². The van der Waals surface area contributed by atoms with E-state index < -0.39 is 24.4 Å². The third kappa shape index (κ3) is 6.17. The van der Waals surface area contributed by atoms with Crippen LogP contribution >= 0.6 is 0 Å². The second-order valence-electron chi connectivity index (χ2n) is 8.20. The molecule has 3 aromatic rings. The molecule has 8 nitrogen and oxygen atoms in total. The van der Waals surface area contributed by atoms with Crippen LogP contribution in [0.1, 0.15) is 12.0 Å². The monoisotopic (exact) mass is 474 g/mol. The molecule has 1 heterocycles. The van der Waals surface area contributed by atoms with Gasteiger partial charge in [-0.1, -0.05) is 17.7 Å². The van der Waals surface area contributed by atoms with Crippen molar-refractivity contribution in [1.82, 2.24) is 0 Å². The summed E-state index contributed by atoms with van der Waals surface area (Å²) in [6, 6.07) is 21.5. The third-order valence-corrected chi connectivity index (χ3v) is 5.58. The van der Waals surface area contributed by atoms with Gasteiger partial charge in [-0.3, -0.25) is 14.4 Å². The second-order valence-corrected chi connectivity index (χ2v) is 8.20. The average Bonchev–Trinajstić information content (AvgIpc) is 3.26. The van der Waals surface area contributed by atoms with Crippen LogP contribution < -0.4 is 19.7 Å². The second kappa shape index (κ2) is 10.7. The highest BCUT2D eigenvalue weighted by atomic mass is 16.5. The molecule has 0 radical (unpaired) electrons. The predicted octanol–water partition coefficient (Wildman–Crippen LogP) is 4.33. The maximum absolute atomic E-state index is 12.5. The van der Waals surface area contributed by atoms with Crippen molar-refractivity contribution in [2.75, 3.05) is 30.5 Å². The van der Waals surface area contributed by atoms with Gasteiger partial charge in [0.15, 0.2) is 6.61 Å². The van der Waals surface area contributed by atoms with Gasteiger partial charge in [0, 0.05) is 24.3 Å². The van der Waals surface area contributed by atoms with Crippen molar-refractivity contribution in [3.8, 4) is 17.2 Å². The van der Waals surface area contributed by atoms with E-state index in [9.17, 15) is 14.4 Å². The summed E-state index contributed by atoms with van der Waals surface area (Å²) in [7, 11) is 1.60. The summed E-state index contributed by atoms with van der Waals surface area (Å²) in [5.41, 5.74) is 2.35. The molecule has 1 aliphatic heterocycles. The van der Waals surface area contributed by atoms with Crippen LogP contribution in [0.3, 0.4) is 0 Å². The number of amides is 2. The van der Waals surface area contributed by atoms with E-state index in [-0.39, 0.29) is 18.9 Å². The summed E-state index contributed by atoms with van der Waals surface area (Å²) < 4.78 is 16.1. The highest BCUT2D eigenvalue weighted by Crippen LogP contribution is 2.29. The number of methoxy groups -OCH3 is 1. The lowest BCUT2D eigenvalue weighted by Gasteiger charge is -2.17. The van der Waals surface area contributed by atoms with Crippen molar-refractivity contribution in [1.29, 1.82) is 0 Å². The molecule has 1 fully saturated rings. The van der Waals surface area contributed by atoms with E-state index in [2.05, 4.69) is 5.32 Å². The fourth-order valence-corrected chi connectivity index (χ4v) is 3.68. The zero-order chi connectivity index (χ0) is 24.8. The molecule has 1 N–H and O–H groups in total. The minimum atomic E-state index is -0.634. The topological polar surface area (TPSA) is 94.2 Å². The lowest BCUT2D eigenvalue weighted by Crippen LogP contribution is -2.28. The first-order valence-corrected chi connectivity index (χ1v) is 11.2. The van der Waals surface area contributed by atoms with E-state index in [0.717, 1.165) is 11.3 Å². The number of rotatable bonds is 8. The van der Waals surface area contributed by atoms with E-state index in [1.54, 1.807) is 67.8 Å². The summed E-state index contributed by atoms with van der Waals surface area (Å²) >= 11 is 0. The van der Waals surface area contributed by atoms with E-state index in [0.29, 0.717) is 22.9 Å². The van der Waals surface area contributed by atoms with Crippen LogP contribution in [0.5, 0.6) is 17.2 Å². The quantitative estimate of drug-likeness (QED) is 0.489. The van der Waals surface area contributed by atoms with Crippen LogP contribution in [0.15, 0.2) is 72.8 Å². The summed E-state index contributed by atoms with van der Waals surface area (Å²) in [6.07, 6.45) is 0.0303. The van der Waals surface area contributed by atoms with Gasteiger partial charge in [-0.15, -0.1) is 0 Å². The molecular weight excluding hydrogens is 448 g/mol. The summed E-state index contributed by atoms with van der Waals surface area (Å²) in [6.45, 7) is 1.73. The molecule has 35 heavy (non-hydrogen) atoms. The molecule has 4 rings (SSSR count). The minimum Gasteiger partial charge on any atom is -0.497 e. The molecule has 1 saturated heterocycles. The Hall–Kier alpha value is -4.33. The number of anilines is 2. The molecular formula is C27H26N2O6. The largest absolute Gasteiger partial charge is 0.497 e. The van der Waals surface area contributed by atoms with Gasteiger partial charge in [0.05, 0.1) is 13.0 Å². The summed E-state index contributed by atoms with van der Waals surface area (Å²) in [5, 5.41) is 2.68. The lowest BCUT2D eigenvalue weighted by molar-refractivity contribution is -0.151. The van der Waals surface area contributed by atoms with Gasteiger partial charge < -0.3 is 24.4 Å². The minimum absolute atomic E-state index is 0.0303. The molecule has 0 unspecified atom stereocenters. The van der Waals surface area contributed by atoms with Gasteiger partial charge in [-0.05, 0) is 67.6 Å². The number of carbonyl (C=O) groups excluding carboxylic acids is 3. The van der Waals surface area contributed by atoms with E-state index in [1.807, 2.05) is 19.1 Å². The Morgan fingerprint density at radius 2 is 1.51 bits per heavy atom. The maximum atomic E-state index is 12.5. The van der Waals surface area contributed by atoms with Gasteiger partial charge in [0.2, 0.25) is 5.91 Å². The number of hydrogen-bond acceptors (Lipinski definition) is 6. The number of ether oxygens (including phenoxy) is 3. The van der Waals surface area contributed by atoms with Crippen LogP contribution in [0.25, 0.3) is 0 Å². The number of carbonyl (C=O) groups is 3. The number of benzene rings is 3. The highest BCUT2D eigenvalue weighted by Gasteiger charge is 2.36. The number of esters is 1. The first kappa shape index (κ1) is 23.8. The molecule has 2 amide bonds. The van der Waals surface area contributed by atoms with Gasteiger partial charge >= 0.3 is 5.97 Å². The molecule has 1 atom stereocenters. The first-order valence-electron chi connectivity index (χ1n) is 11.2. The summed E-state index contributed by atoms with van der Waals surface area (Å²) in [5.74, 6) is 0.186. The number of aryl methyl sites for hydroxylation is 1. The standard InChI is InChI=1S/C27H26N2O6/c1-18-3-5-20(6-4-18)28-25(30)17-34-27(32)19-15-26(31)29(16-19)21-7-9-23(10-8-21)35-24-13-11-22(33-2)12-14-24/h3-14,19H,15-17H2,1-2H3,(H,28,30)/t19-/m0/s1. The maximum Gasteiger partial charge on any atom is 0.311 e. The van der Waals surface area contributed by atoms with Gasteiger partial charge in [-0.2, -0.15) is 0 Å². The molecule has 0 bridgehead atoms. The molecule has 180 valence electrons. The summed E-state index contributed by atoms with van der Waals surface area (Å²) in [4.78, 5) is 38.6. The Balaban J connectivity index is 1.28. The highest BCUT2D eigenvalue weighted by molar-refractivity contribution is 6.00. The van der Waals surface area contributed by atoms with Crippen LogP contribution in [-0.2, 0) is 19.1 Å². The van der Waals surface area contributed by atoms with Crippen LogP contribution in [0, 0.1) is 12.8 Å². The van der Waals surface area contributed by atoms with Gasteiger partial charge in [-0.25, -0.2) is 0 Å². The zero-order valence-corrected chi connectivity index (χ0v) is 19.5. The average molecular weight is 475 g/mol. The SMILES string of the molecule is COc1ccc(Oc2ccc(N3C[C@@H](C(=O)OCC(=O)Nc4ccc(C)cc4)CC3=O)cc2)cc1. The fraction of sp³-hybridized carbons (Fsp3) is 0.222. The molecule has 0 saturated carbocycles. The Bertz CT molecular complexity index is 1190. The Kier molecular flexibility index (Phi) is 7.30. The van der Waals surface area contributed by atoms with Crippen molar-refractivity contribution in [2.45, 2.75) is 13.3 Å². The van der Waals surface area contributed by atoms with Crippen molar-refractivity contribution in [3.05, 3.63) is 78.4 Å². The normalized spacial score (nSPS) is 15.0. The van der Waals surface area contributed by atoms with E-state index >= 15 is 0 Å². The number of nitrogens with one attached hydrogen (secondary N) is 1. The van der Waals surface area contributed by atoms with Crippen molar-refractivity contribution >= 4 is 29.2 Å². The van der Waals surface area contributed by atoms with Crippen LogP contribution in [-0.4, -0.2) is 38.0 Å². The molecule has 1 aliphatic rings. The van der Waals surface area contributed by atoms with E-state index in [1.165, 1.54) is 4.90 Å². The van der Waals surface area contributed by atoms with Gasteiger partial charge in [0.25, 0.3) is 5.91 Å². The zero-order valence-electron chi connectivity index (χ0n) is 19.5. The molecule has 3 aromatic carbocycles. The van der Waals surface area contributed by atoms with Crippen molar-refractivity contribution in [2.24, 2.45) is 5.92 Å². The van der Waals surface area contributed by atoms with Crippen molar-refractivity contribution in [3.63, 3.8) is 0 Å². The van der Waals surface area contributed by atoms with Crippen molar-refractivity contribution < 1.29 is 28.6 Å². The Labute approximate surface area is 203 Å². The van der Waals surface area contributed by atoms with Crippen LogP contribution in [0.4, 0.5) is 11.4 Å². The molecule has 0 aromatic heterocycles. The van der Waals surface area contributed by atoms with E-state index in [4.69, 9.17) is 14.2 Å². The predicted molar refractivity (Wildman–Crippen MR) is 131 cm³/mol. The lowest BCUT2D eigenvalue weighted by atomic mass is 10.1. The Morgan fingerprint density at radius 1 is 0.914 bits per heavy atom. The molecule has 0 aliphatic carbocycles. The smallest absolute Gasteiger partial charge is 0.311 e. The first-order chi connectivity index (χ1) is 16.9. The fourth-order valence-electron chi connectivity index (χ4n) is 3.68. The third-order valence-electron chi connectivity index (χ3n) is 5.58. The Morgan fingerprint density at radius 3 is 2.14 bits per heavy atom. The molecule has 0 spiro atoms. The number of nitrogens with zero attached hydrogens (tertiary/aromatic N) is 1. The van der Waals surface area contributed by atoms with Gasteiger partial charge in [0.1, 0.15) is 17.2 Å². The molecule has 8 heteroatoms.